The van der Waals surface area contributed by atoms with E-state index in [0.717, 1.165) is 0 Å². The Morgan fingerprint density at radius 2 is 2.44 bits per heavy atom. The van der Waals surface area contributed by atoms with Gasteiger partial charge in [-0.2, -0.15) is 5.26 Å². The molecule has 0 aromatic carbocycles. The highest BCUT2D eigenvalue weighted by Gasteiger charge is 1.92. The Bertz CT molecular complexity index is 126. The zero-order chi connectivity index (χ0) is 7.11. The maximum absolute atomic E-state index is 10.4. The molecular formula is C6H9N2O. The summed E-state index contributed by atoms with van der Waals surface area (Å²) in [5, 5.41) is 10.5. The molecule has 0 unspecified atom stereocenters. The van der Waals surface area contributed by atoms with Crippen molar-refractivity contribution in [3.05, 3.63) is 6.92 Å². The summed E-state index contributed by atoms with van der Waals surface area (Å²) in [5.74, 6) is -0.106. The summed E-state index contributed by atoms with van der Waals surface area (Å²) in [6, 6.07) is 1.91. The molecule has 3 nitrogen and oxygen atoms in total. The van der Waals surface area contributed by atoms with Crippen molar-refractivity contribution in [2.45, 2.75) is 12.8 Å². The van der Waals surface area contributed by atoms with E-state index in [1.807, 2.05) is 6.07 Å². The molecule has 0 rings (SSSR count). The molecular weight excluding hydrogens is 116 g/mol. The molecule has 0 aliphatic rings. The Labute approximate surface area is 54.7 Å². The van der Waals surface area contributed by atoms with Gasteiger partial charge in [0.15, 0.2) is 0 Å². The number of hydrogen-bond donors (Lipinski definition) is 1. The van der Waals surface area contributed by atoms with Gasteiger partial charge in [-0.15, -0.1) is 0 Å². The summed E-state index contributed by atoms with van der Waals surface area (Å²) in [4.78, 5) is 10.4. The van der Waals surface area contributed by atoms with Crippen LogP contribution in [0.3, 0.4) is 0 Å². The number of amides is 1. The first-order valence-electron chi connectivity index (χ1n) is 2.74. The van der Waals surface area contributed by atoms with Crippen LogP contribution in [0.5, 0.6) is 0 Å². The van der Waals surface area contributed by atoms with E-state index < -0.39 is 0 Å². The first kappa shape index (κ1) is 7.96. The molecule has 0 saturated heterocycles. The standard InChI is InChI=1S/C6H9N2O/c1-2-6(9)8-5-3-4-7/h1-3,5H2,(H,8,9). The average molecular weight is 125 g/mol. The molecule has 3 heteroatoms. The van der Waals surface area contributed by atoms with Gasteiger partial charge in [0, 0.05) is 13.0 Å². The molecule has 0 bridgehead atoms. The molecule has 0 fully saturated rings. The zero-order valence-corrected chi connectivity index (χ0v) is 5.18. The van der Waals surface area contributed by atoms with Crippen LogP contribution in [-0.4, -0.2) is 12.5 Å². The number of rotatable bonds is 3. The van der Waals surface area contributed by atoms with Crippen LogP contribution in [0.2, 0.25) is 0 Å². The minimum atomic E-state index is -0.106. The highest BCUT2D eigenvalue weighted by atomic mass is 16.1. The molecule has 0 aromatic heterocycles. The van der Waals surface area contributed by atoms with Crippen LogP contribution in [0.15, 0.2) is 0 Å². The lowest BCUT2D eigenvalue weighted by Crippen LogP contribution is -2.22. The first-order valence-corrected chi connectivity index (χ1v) is 2.74. The lowest BCUT2D eigenvalue weighted by molar-refractivity contribution is -0.120. The predicted molar refractivity (Wildman–Crippen MR) is 33.2 cm³/mol. The van der Waals surface area contributed by atoms with Gasteiger partial charge in [-0.1, -0.05) is 0 Å². The third kappa shape index (κ3) is 4.82. The second-order valence-corrected chi connectivity index (χ2v) is 1.51. The molecule has 9 heavy (non-hydrogen) atoms. The van der Waals surface area contributed by atoms with Crippen molar-refractivity contribution in [2.24, 2.45) is 0 Å². The van der Waals surface area contributed by atoms with E-state index in [-0.39, 0.29) is 12.3 Å². The molecule has 0 aliphatic heterocycles. The van der Waals surface area contributed by atoms with Gasteiger partial charge in [0.1, 0.15) is 0 Å². The molecule has 1 N–H and O–H groups in total. The zero-order valence-electron chi connectivity index (χ0n) is 5.18. The number of carbonyl (C=O) groups excluding carboxylic acids is 1. The molecule has 0 atom stereocenters. The summed E-state index contributed by atoms with van der Waals surface area (Å²) in [6.07, 6.45) is 0.608. The van der Waals surface area contributed by atoms with Crippen molar-refractivity contribution in [1.29, 1.82) is 5.26 Å². The van der Waals surface area contributed by atoms with Crippen molar-refractivity contribution >= 4 is 5.91 Å². The van der Waals surface area contributed by atoms with Crippen LogP contribution >= 0.6 is 0 Å². The van der Waals surface area contributed by atoms with Crippen LogP contribution in [0, 0.1) is 18.3 Å². The highest BCUT2D eigenvalue weighted by Crippen LogP contribution is 1.75. The third-order valence-electron chi connectivity index (χ3n) is 0.786. The monoisotopic (exact) mass is 125 g/mol. The second-order valence-electron chi connectivity index (χ2n) is 1.51. The number of hydrogen-bond acceptors (Lipinski definition) is 2. The maximum Gasteiger partial charge on any atom is 0.220 e. The Morgan fingerprint density at radius 1 is 1.78 bits per heavy atom. The molecule has 0 saturated carbocycles. The van der Waals surface area contributed by atoms with Crippen molar-refractivity contribution in [3.63, 3.8) is 0 Å². The predicted octanol–water partition coefficient (Wildman–Crippen LogP) is 0.240. The summed E-state index contributed by atoms with van der Waals surface area (Å²) in [5.41, 5.74) is 0. The molecule has 1 radical (unpaired) electrons. The molecule has 49 valence electrons. The Morgan fingerprint density at radius 3 is 2.89 bits per heavy atom. The number of nitrogens with one attached hydrogen (secondary N) is 1. The van der Waals surface area contributed by atoms with Gasteiger partial charge in [0.05, 0.1) is 12.5 Å². The largest absolute Gasteiger partial charge is 0.355 e. The number of nitrogens with zero attached hydrogens (tertiary/aromatic N) is 1. The third-order valence-corrected chi connectivity index (χ3v) is 0.786. The van der Waals surface area contributed by atoms with Crippen molar-refractivity contribution in [2.75, 3.05) is 6.54 Å². The summed E-state index contributed by atoms with van der Waals surface area (Å²) in [7, 11) is 0. The van der Waals surface area contributed by atoms with Gasteiger partial charge in [0.2, 0.25) is 5.91 Å². The molecule has 0 aromatic rings. The van der Waals surface area contributed by atoms with E-state index >= 15 is 0 Å². The van der Waals surface area contributed by atoms with Gasteiger partial charge in [-0.25, -0.2) is 0 Å². The molecule has 0 spiro atoms. The van der Waals surface area contributed by atoms with E-state index in [9.17, 15) is 4.79 Å². The second kappa shape index (κ2) is 5.10. The van der Waals surface area contributed by atoms with Crippen molar-refractivity contribution in [3.8, 4) is 6.07 Å². The Hall–Kier alpha value is -1.04. The smallest absolute Gasteiger partial charge is 0.220 e. The van der Waals surface area contributed by atoms with E-state index in [1.165, 1.54) is 0 Å². The number of carbonyl (C=O) groups is 1. The van der Waals surface area contributed by atoms with Gasteiger partial charge >= 0.3 is 0 Å². The normalized spacial score (nSPS) is 8.00. The summed E-state index contributed by atoms with van der Waals surface area (Å²) >= 11 is 0. The van der Waals surface area contributed by atoms with Crippen molar-refractivity contribution < 1.29 is 4.79 Å². The van der Waals surface area contributed by atoms with Crippen LogP contribution in [0.25, 0.3) is 0 Å². The fourth-order valence-electron chi connectivity index (χ4n) is 0.346. The van der Waals surface area contributed by atoms with Crippen LogP contribution < -0.4 is 5.32 Å². The van der Waals surface area contributed by atoms with E-state index in [0.29, 0.717) is 13.0 Å². The lowest BCUT2D eigenvalue weighted by Gasteiger charge is -1.96. The topological polar surface area (TPSA) is 52.9 Å². The fourth-order valence-corrected chi connectivity index (χ4v) is 0.346. The van der Waals surface area contributed by atoms with Crippen LogP contribution in [0.1, 0.15) is 12.8 Å². The Balaban J connectivity index is 3.09. The maximum atomic E-state index is 10.4. The highest BCUT2D eigenvalue weighted by molar-refractivity contribution is 5.76. The van der Waals surface area contributed by atoms with E-state index in [2.05, 4.69) is 12.2 Å². The van der Waals surface area contributed by atoms with Gasteiger partial charge in [0.25, 0.3) is 0 Å². The van der Waals surface area contributed by atoms with E-state index in [1.54, 1.807) is 0 Å². The molecule has 0 aliphatic carbocycles. The van der Waals surface area contributed by atoms with Crippen molar-refractivity contribution in [1.82, 2.24) is 5.32 Å². The average Bonchev–Trinajstić information content (AvgIpc) is 1.89. The molecule has 0 heterocycles. The number of nitriles is 1. The van der Waals surface area contributed by atoms with Gasteiger partial charge in [-0.3, -0.25) is 4.79 Å². The fraction of sp³-hybridized carbons (Fsp3) is 0.500. The van der Waals surface area contributed by atoms with Gasteiger partial charge < -0.3 is 5.32 Å². The minimum absolute atomic E-state index is 0.106. The SMILES string of the molecule is [CH2]CC(=O)NCCC#N. The minimum Gasteiger partial charge on any atom is -0.355 e. The van der Waals surface area contributed by atoms with Gasteiger partial charge in [-0.05, 0) is 6.92 Å². The van der Waals surface area contributed by atoms with Crippen LogP contribution in [0.4, 0.5) is 0 Å². The quantitative estimate of drug-likeness (QED) is 0.549. The first-order chi connectivity index (χ1) is 4.31. The lowest BCUT2D eigenvalue weighted by atomic mass is 10.4. The molecule has 1 amide bonds. The summed E-state index contributed by atoms with van der Waals surface area (Å²) in [6.45, 7) is 3.80. The Kier molecular flexibility index (Phi) is 4.51. The van der Waals surface area contributed by atoms with E-state index in [4.69, 9.17) is 5.26 Å². The van der Waals surface area contributed by atoms with Crippen LogP contribution in [-0.2, 0) is 4.79 Å². The summed E-state index contributed by atoms with van der Waals surface area (Å²) < 4.78 is 0.